The van der Waals surface area contributed by atoms with Gasteiger partial charge >= 0.3 is 5.97 Å². The van der Waals surface area contributed by atoms with E-state index in [-0.39, 0.29) is 40.8 Å². The number of aryl methyl sites for hydroxylation is 1. The summed E-state index contributed by atoms with van der Waals surface area (Å²) in [5, 5.41) is 10.0. The SMILES string of the molecule is CCOC(=O)c1cc(C(=O)Nc2c(C)cccc2C(=O)NC(C)C)n(-c2ncccc2Cl)n1. The van der Waals surface area contributed by atoms with Gasteiger partial charge in [0.25, 0.3) is 11.8 Å². The monoisotopic (exact) mass is 469 g/mol. The van der Waals surface area contributed by atoms with Gasteiger partial charge in [0, 0.05) is 18.3 Å². The third kappa shape index (κ3) is 5.38. The van der Waals surface area contributed by atoms with Crippen molar-refractivity contribution >= 4 is 35.1 Å². The molecule has 0 fully saturated rings. The van der Waals surface area contributed by atoms with Gasteiger partial charge in [-0.15, -0.1) is 0 Å². The van der Waals surface area contributed by atoms with Crippen LogP contribution in [0.4, 0.5) is 5.69 Å². The number of benzene rings is 1. The first-order valence-corrected chi connectivity index (χ1v) is 10.7. The highest BCUT2D eigenvalue weighted by molar-refractivity contribution is 6.32. The van der Waals surface area contributed by atoms with Crippen LogP contribution in [0, 0.1) is 6.92 Å². The first kappa shape index (κ1) is 23.9. The third-order valence-electron chi connectivity index (χ3n) is 4.54. The number of anilines is 1. The predicted octanol–water partition coefficient (Wildman–Crippen LogP) is 3.80. The number of ether oxygens (including phenoxy) is 1. The van der Waals surface area contributed by atoms with Gasteiger partial charge in [-0.2, -0.15) is 5.10 Å². The van der Waals surface area contributed by atoms with E-state index in [9.17, 15) is 14.4 Å². The van der Waals surface area contributed by atoms with Crippen molar-refractivity contribution in [3.8, 4) is 5.82 Å². The van der Waals surface area contributed by atoms with E-state index in [1.54, 1.807) is 44.2 Å². The number of amides is 2. The maximum atomic E-state index is 13.3. The van der Waals surface area contributed by atoms with E-state index in [2.05, 4.69) is 20.7 Å². The van der Waals surface area contributed by atoms with Gasteiger partial charge in [0.15, 0.2) is 11.5 Å². The summed E-state index contributed by atoms with van der Waals surface area (Å²) in [6.07, 6.45) is 1.49. The zero-order valence-corrected chi connectivity index (χ0v) is 19.4. The second-order valence-electron chi connectivity index (χ2n) is 7.44. The van der Waals surface area contributed by atoms with Gasteiger partial charge in [-0.25, -0.2) is 14.5 Å². The molecule has 2 aromatic heterocycles. The number of halogens is 1. The summed E-state index contributed by atoms with van der Waals surface area (Å²) in [5.74, 6) is -1.45. The zero-order valence-electron chi connectivity index (χ0n) is 18.7. The van der Waals surface area contributed by atoms with Gasteiger partial charge in [0.2, 0.25) is 0 Å². The van der Waals surface area contributed by atoms with Crippen LogP contribution in [0.25, 0.3) is 5.82 Å². The lowest BCUT2D eigenvalue weighted by Gasteiger charge is -2.15. The lowest BCUT2D eigenvalue weighted by molar-refractivity contribution is 0.0518. The molecular formula is C23H24ClN5O4. The molecule has 0 bridgehead atoms. The summed E-state index contributed by atoms with van der Waals surface area (Å²) >= 11 is 6.26. The molecule has 0 saturated carbocycles. The van der Waals surface area contributed by atoms with Gasteiger partial charge in [0.05, 0.1) is 22.9 Å². The maximum Gasteiger partial charge on any atom is 0.358 e. The Labute approximate surface area is 196 Å². The summed E-state index contributed by atoms with van der Waals surface area (Å²) < 4.78 is 6.19. The number of hydrogen-bond acceptors (Lipinski definition) is 6. The molecule has 2 N–H and O–H groups in total. The van der Waals surface area contributed by atoms with Crippen LogP contribution in [0.3, 0.4) is 0 Å². The Morgan fingerprint density at radius 1 is 1.15 bits per heavy atom. The topological polar surface area (TPSA) is 115 Å². The van der Waals surface area contributed by atoms with Gasteiger partial charge in [-0.05, 0) is 51.5 Å². The van der Waals surface area contributed by atoms with Gasteiger partial charge in [-0.3, -0.25) is 9.59 Å². The second-order valence-corrected chi connectivity index (χ2v) is 7.84. The number of para-hydroxylation sites is 1. The summed E-state index contributed by atoms with van der Waals surface area (Å²) in [6.45, 7) is 7.28. The second kappa shape index (κ2) is 10.3. The number of aromatic nitrogens is 3. The predicted molar refractivity (Wildman–Crippen MR) is 124 cm³/mol. The van der Waals surface area contributed by atoms with Crippen LogP contribution < -0.4 is 10.6 Å². The van der Waals surface area contributed by atoms with Crippen LogP contribution in [0.2, 0.25) is 5.02 Å². The molecule has 33 heavy (non-hydrogen) atoms. The molecule has 0 radical (unpaired) electrons. The molecule has 0 atom stereocenters. The molecule has 0 aliphatic rings. The number of rotatable bonds is 7. The summed E-state index contributed by atoms with van der Waals surface area (Å²) in [6, 6.07) is 9.57. The van der Waals surface area contributed by atoms with Crippen LogP contribution in [0.15, 0.2) is 42.6 Å². The number of pyridine rings is 1. The fraction of sp³-hybridized carbons (Fsp3) is 0.261. The number of nitrogens with one attached hydrogen (secondary N) is 2. The van der Waals surface area contributed by atoms with Crippen LogP contribution in [-0.2, 0) is 4.74 Å². The van der Waals surface area contributed by atoms with E-state index in [0.717, 1.165) is 0 Å². The Hall–Kier alpha value is -3.72. The molecule has 3 rings (SSSR count). The Kier molecular flexibility index (Phi) is 7.44. The molecule has 0 saturated heterocycles. The quantitative estimate of drug-likeness (QED) is 0.508. The van der Waals surface area contributed by atoms with Crippen LogP contribution in [-0.4, -0.2) is 45.2 Å². The number of carbonyl (C=O) groups is 3. The smallest absolute Gasteiger partial charge is 0.358 e. The van der Waals surface area contributed by atoms with Crippen LogP contribution in [0.1, 0.15) is 57.7 Å². The average molecular weight is 470 g/mol. The van der Waals surface area contributed by atoms with E-state index in [1.165, 1.54) is 16.9 Å². The van der Waals surface area contributed by atoms with E-state index in [1.807, 2.05) is 13.8 Å². The van der Waals surface area contributed by atoms with E-state index < -0.39 is 11.9 Å². The molecular weight excluding hydrogens is 446 g/mol. The van der Waals surface area contributed by atoms with E-state index >= 15 is 0 Å². The molecule has 0 aliphatic heterocycles. The normalized spacial score (nSPS) is 10.7. The highest BCUT2D eigenvalue weighted by Crippen LogP contribution is 2.24. The highest BCUT2D eigenvalue weighted by Gasteiger charge is 2.24. The molecule has 1 aromatic carbocycles. The number of nitrogens with zero attached hydrogens (tertiary/aromatic N) is 3. The Morgan fingerprint density at radius 2 is 1.91 bits per heavy atom. The maximum absolute atomic E-state index is 13.3. The molecule has 3 aromatic rings. The van der Waals surface area contributed by atoms with Crippen molar-refractivity contribution in [2.45, 2.75) is 33.7 Å². The summed E-state index contributed by atoms with van der Waals surface area (Å²) in [7, 11) is 0. The van der Waals surface area contributed by atoms with Crippen LogP contribution in [0.5, 0.6) is 0 Å². The Balaban J connectivity index is 2.05. The minimum Gasteiger partial charge on any atom is -0.461 e. The van der Waals surface area contributed by atoms with Crippen molar-refractivity contribution in [1.82, 2.24) is 20.1 Å². The molecule has 2 heterocycles. The first-order valence-electron chi connectivity index (χ1n) is 10.3. The van der Waals surface area contributed by atoms with Crippen molar-refractivity contribution in [2.24, 2.45) is 0 Å². The highest BCUT2D eigenvalue weighted by atomic mass is 35.5. The summed E-state index contributed by atoms with van der Waals surface area (Å²) in [4.78, 5) is 42.5. The van der Waals surface area contributed by atoms with E-state index in [0.29, 0.717) is 16.8 Å². The molecule has 0 spiro atoms. The van der Waals surface area contributed by atoms with Crippen molar-refractivity contribution in [3.63, 3.8) is 0 Å². The van der Waals surface area contributed by atoms with Crippen molar-refractivity contribution in [2.75, 3.05) is 11.9 Å². The largest absolute Gasteiger partial charge is 0.461 e. The number of hydrogen-bond donors (Lipinski definition) is 2. The lowest BCUT2D eigenvalue weighted by atomic mass is 10.1. The molecule has 172 valence electrons. The fourth-order valence-electron chi connectivity index (χ4n) is 3.08. The zero-order chi connectivity index (χ0) is 24.1. The minimum atomic E-state index is -0.690. The summed E-state index contributed by atoms with van der Waals surface area (Å²) in [5.41, 5.74) is 1.26. The molecule has 9 nitrogen and oxygen atoms in total. The Morgan fingerprint density at radius 3 is 2.58 bits per heavy atom. The van der Waals surface area contributed by atoms with E-state index in [4.69, 9.17) is 16.3 Å². The van der Waals surface area contributed by atoms with Gasteiger partial charge < -0.3 is 15.4 Å². The third-order valence-corrected chi connectivity index (χ3v) is 4.84. The average Bonchev–Trinajstić information content (AvgIpc) is 3.20. The van der Waals surface area contributed by atoms with Crippen molar-refractivity contribution < 1.29 is 19.1 Å². The fourth-order valence-corrected chi connectivity index (χ4v) is 3.28. The van der Waals surface area contributed by atoms with Gasteiger partial charge in [-0.1, -0.05) is 23.7 Å². The van der Waals surface area contributed by atoms with Crippen LogP contribution >= 0.6 is 11.6 Å². The Bertz CT molecular complexity index is 1210. The van der Waals surface area contributed by atoms with Gasteiger partial charge in [0.1, 0.15) is 5.69 Å². The first-order chi connectivity index (χ1) is 15.7. The van der Waals surface area contributed by atoms with Crippen molar-refractivity contribution in [3.05, 3.63) is 70.1 Å². The van der Waals surface area contributed by atoms with Crippen molar-refractivity contribution in [1.29, 1.82) is 0 Å². The standard InChI is InChI=1S/C23H24ClN5O4/c1-5-33-23(32)17-12-18(29(28-17)20-16(24)10-7-11-25-20)22(31)27-19-14(4)8-6-9-15(19)21(30)26-13(2)3/h6-13H,5H2,1-4H3,(H,26,30)(H,27,31). The number of carbonyl (C=O) groups excluding carboxylic acids is 3. The molecule has 0 unspecified atom stereocenters. The molecule has 10 heteroatoms. The molecule has 2 amide bonds. The minimum absolute atomic E-state index is 0.00266. The lowest BCUT2D eigenvalue weighted by Crippen LogP contribution is -2.31. The molecule has 0 aliphatic carbocycles. The number of esters is 1.